The summed E-state index contributed by atoms with van der Waals surface area (Å²) in [6, 6.07) is 2.95. The number of benzene rings is 1. The number of halogens is 4. The van der Waals surface area contributed by atoms with Gasteiger partial charge >= 0.3 is 6.18 Å². The molecule has 92 valence electrons. The van der Waals surface area contributed by atoms with E-state index < -0.39 is 26.6 Å². The van der Waals surface area contributed by atoms with Crippen LogP contribution in [0, 0.1) is 11.2 Å². The fourth-order valence-corrected chi connectivity index (χ4v) is 1.50. The standard InChI is InChI=1S/C10H6ClF3O2S/c1-17(15,16)5-4-7-2-3-9(11)8(6-7)10(12,13)14/h2-3,6H,1H3. The summed E-state index contributed by atoms with van der Waals surface area (Å²) >= 11 is 5.38. The zero-order valence-corrected chi connectivity index (χ0v) is 10.0. The van der Waals surface area contributed by atoms with Crippen molar-refractivity contribution >= 4 is 21.4 Å². The van der Waals surface area contributed by atoms with Crippen LogP contribution in [0.1, 0.15) is 11.1 Å². The molecule has 0 unspecified atom stereocenters. The van der Waals surface area contributed by atoms with E-state index in [1.54, 1.807) is 0 Å². The molecule has 0 N–H and O–H groups in total. The third kappa shape index (κ3) is 4.29. The lowest BCUT2D eigenvalue weighted by Gasteiger charge is -2.08. The minimum Gasteiger partial charge on any atom is -0.216 e. The Bertz CT molecular complexity index is 594. The van der Waals surface area contributed by atoms with Gasteiger partial charge in [0.15, 0.2) is 0 Å². The lowest BCUT2D eigenvalue weighted by atomic mass is 10.1. The second-order valence-electron chi connectivity index (χ2n) is 3.19. The highest BCUT2D eigenvalue weighted by atomic mass is 35.5. The Morgan fingerprint density at radius 1 is 1.29 bits per heavy atom. The van der Waals surface area contributed by atoms with E-state index in [9.17, 15) is 21.6 Å². The normalized spacial score (nSPS) is 11.8. The van der Waals surface area contributed by atoms with Gasteiger partial charge in [0.1, 0.15) is 0 Å². The summed E-state index contributed by atoms with van der Waals surface area (Å²) in [5, 5.41) is 1.39. The van der Waals surface area contributed by atoms with Crippen molar-refractivity contribution in [3.63, 3.8) is 0 Å². The first kappa shape index (κ1) is 13.9. The Kier molecular flexibility index (Phi) is 3.74. The third-order valence-electron chi connectivity index (χ3n) is 1.65. The second-order valence-corrected chi connectivity index (χ2v) is 5.35. The van der Waals surface area contributed by atoms with Crippen molar-refractivity contribution in [3.8, 4) is 11.2 Å². The Balaban J connectivity index is 3.27. The van der Waals surface area contributed by atoms with Gasteiger partial charge in [0, 0.05) is 10.8 Å². The Hall–Kier alpha value is -1.19. The highest BCUT2D eigenvalue weighted by Gasteiger charge is 2.33. The second kappa shape index (κ2) is 4.59. The number of hydrogen-bond acceptors (Lipinski definition) is 2. The summed E-state index contributed by atoms with van der Waals surface area (Å²) in [7, 11) is -3.56. The van der Waals surface area contributed by atoms with Crippen molar-refractivity contribution in [2.75, 3.05) is 6.26 Å². The molecule has 0 aliphatic heterocycles. The first-order chi connectivity index (χ1) is 7.59. The molecule has 0 fully saturated rings. The van der Waals surface area contributed by atoms with E-state index in [1.165, 1.54) is 6.07 Å². The Morgan fingerprint density at radius 2 is 1.88 bits per heavy atom. The van der Waals surface area contributed by atoms with Crippen molar-refractivity contribution < 1.29 is 21.6 Å². The van der Waals surface area contributed by atoms with E-state index in [-0.39, 0.29) is 5.56 Å². The molecule has 0 spiro atoms. The summed E-state index contributed by atoms with van der Waals surface area (Å²) in [6.45, 7) is 0. The van der Waals surface area contributed by atoms with Crippen LogP contribution in [-0.4, -0.2) is 14.7 Å². The zero-order valence-electron chi connectivity index (χ0n) is 8.47. The SMILES string of the molecule is CS(=O)(=O)C#Cc1ccc(Cl)c(C(F)(F)F)c1. The van der Waals surface area contributed by atoms with Gasteiger partial charge in [-0.3, -0.25) is 0 Å². The maximum atomic E-state index is 12.5. The summed E-state index contributed by atoms with van der Waals surface area (Å²) in [6.07, 6.45) is -3.74. The highest BCUT2D eigenvalue weighted by Crippen LogP contribution is 2.34. The number of alkyl halides is 3. The maximum absolute atomic E-state index is 12.5. The van der Waals surface area contributed by atoms with Gasteiger partial charge in [0.05, 0.1) is 16.8 Å². The van der Waals surface area contributed by atoms with Gasteiger partial charge in [0.25, 0.3) is 0 Å². The van der Waals surface area contributed by atoms with E-state index in [0.29, 0.717) is 6.07 Å². The van der Waals surface area contributed by atoms with Crippen LogP contribution in [0.5, 0.6) is 0 Å². The molecule has 7 heteroatoms. The van der Waals surface area contributed by atoms with Gasteiger partial charge in [-0.15, -0.1) is 0 Å². The van der Waals surface area contributed by atoms with Crippen molar-refractivity contribution in [3.05, 3.63) is 34.3 Å². The van der Waals surface area contributed by atoms with Crippen molar-refractivity contribution in [1.82, 2.24) is 0 Å². The highest BCUT2D eigenvalue weighted by molar-refractivity contribution is 7.95. The van der Waals surface area contributed by atoms with Crippen LogP contribution in [0.15, 0.2) is 18.2 Å². The van der Waals surface area contributed by atoms with Gasteiger partial charge in [-0.05, 0) is 18.2 Å². The van der Waals surface area contributed by atoms with Crippen LogP contribution in [0.3, 0.4) is 0 Å². The van der Waals surface area contributed by atoms with Crippen LogP contribution in [0.4, 0.5) is 13.2 Å². The zero-order chi connectivity index (χ0) is 13.3. The molecular formula is C10H6ClF3O2S. The fraction of sp³-hybridized carbons (Fsp3) is 0.200. The van der Waals surface area contributed by atoms with Crippen LogP contribution in [0.25, 0.3) is 0 Å². The van der Waals surface area contributed by atoms with Crippen LogP contribution < -0.4 is 0 Å². The molecule has 0 aliphatic carbocycles. The topological polar surface area (TPSA) is 34.1 Å². The molecule has 2 nitrogen and oxygen atoms in total. The summed E-state index contributed by atoms with van der Waals surface area (Å²) in [5.74, 6) is 2.13. The van der Waals surface area contributed by atoms with Crippen LogP contribution in [0.2, 0.25) is 5.02 Å². The predicted molar refractivity (Wildman–Crippen MR) is 58.2 cm³/mol. The molecule has 0 atom stereocenters. The molecule has 0 heterocycles. The van der Waals surface area contributed by atoms with Crippen molar-refractivity contribution in [2.45, 2.75) is 6.18 Å². The molecule has 1 aromatic carbocycles. The molecular weight excluding hydrogens is 277 g/mol. The summed E-state index contributed by atoms with van der Waals surface area (Å²) in [4.78, 5) is 0. The number of sulfone groups is 1. The molecule has 0 saturated heterocycles. The van der Waals surface area contributed by atoms with Gasteiger partial charge < -0.3 is 0 Å². The molecule has 0 amide bonds. The molecule has 0 aliphatic rings. The predicted octanol–water partition coefficient (Wildman–Crippen LogP) is 2.71. The first-order valence-electron chi connectivity index (χ1n) is 4.19. The molecule has 0 bridgehead atoms. The fourth-order valence-electron chi connectivity index (χ4n) is 0.972. The molecule has 1 aromatic rings. The smallest absolute Gasteiger partial charge is 0.216 e. The lowest BCUT2D eigenvalue weighted by molar-refractivity contribution is -0.137. The monoisotopic (exact) mass is 282 g/mol. The van der Waals surface area contributed by atoms with E-state index in [0.717, 1.165) is 12.3 Å². The summed E-state index contributed by atoms with van der Waals surface area (Å²) in [5.41, 5.74) is -1.10. The van der Waals surface area contributed by atoms with E-state index in [2.05, 4.69) is 5.92 Å². The minimum atomic E-state index is -4.60. The van der Waals surface area contributed by atoms with Gasteiger partial charge in [-0.1, -0.05) is 17.5 Å². The Labute approximate surface area is 101 Å². The van der Waals surface area contributed by atoms with Crippen LogP contribution in [-0.2, 0) is 16.0 Å². The molecule has 0 radical (unpaired) electrons. The number of rotatable bonds is 0. The minimum absolute atomic E-state index is 0.0628. The molecule has 0 aromatic heterocycles. The van der Waals surface area contributed by atoms with E-state index >= 15 is 0 Å². The molecule has 17 heavy (non-hydrogen) atoms. The first-order valence-corrected chi connectivity index (χ1v) is 6.46. The molecule has 0 saturated carbocycles. The van der Waals surface area contributed by atoms with Gasteiger partial charge in [0.2, 0.25) is 9.84 Å². The summed E-state index contributed by atoms with van der Waals surface area (Å²) < 4.78 is 58.8. The van der Waals surface area contributed by atoms with Crippen molar-refractivity contribution in [1.29, 1.82) is 0 Å². The Morgan fingerprint density at radius 3 is 2.35 bits per heavy atom. The lowest BCUT2D eigenvalue weighted by Crippen LogP contribution is -2.06. The maximum Gasteiger partial charge on any atom is 0.417 e. The van der Waals surface area contributed by atoms with E-state index in [4.69, 9.17) is 11.6 Å². The van der Waals surface area contributed by atoms with E-state index in [1.807, 2.05) is 5.25 Å². The van der Waals surface area contributed by atoms with Gasteiger partial charge in [-0.25, -0.2) is 8.42 Å². The average Bonchev–Trinajstić information content (AvgIpc) is 2.13. The quantitative estimate of drug-likeness (QED) is 0.686. The third-order valence-corrected chi connectivity index (χ3v) is 2.45. The number of hydrogen-bond donors (Lipinski definition) is 0. The average molecular weight is 283 g/mol. The largest absolute Gasteiger partial charge is 0.417 e. The molecule has 1 rings (SSSR count). The van der Waals surface area contributed by atoms with Crippen LogP contribution >= 0.6 is 11.6 Å². The van der Waals surface area contributed by atoms with Gasteiger partial charge in [-0.2, -0.15) is 13.2 Å². The van der Waals surface area contributed by atoms with Crippen molar-refractivity contribution in [2.24, 2.45) is 0 Å².